The zero-order valence-corrected chi connectivity index (χ0v) is 8.72. The summed E-state index contributed by atoms with van der Waals surface area (Å²) in [6, 6.07) is 0. The summed E-state index contributed by atoms with van der Waals surface area (Å²) >= 11 is 0. The molecule has 0 aromatic heterocycles. The maximum Gasteiger partial charge on any atom is -0.0111 e. The molecule has 0 aliphatic heterocycles. The van der Waals surface area contributed by atoms with Crippen LogP contribution in [-0.4, -0.2) is 0 Å². The molecule has 0 saturated carbocycles. The Morgan fingerprint density at radius 1 is 1.50 bits per heavy atom. The summed E-state index contributed by atoms with van der Waals surface area (Å²) in [7, 11) is 0. The van der Waals surface area contributed by atoms with E-state index in [0.29, 0.717) is 11.3 Å². The van der Waals surface area contributed by atoms with E-state index >= 15 is 0 Å². The molecular formula is C12H20. The molecule has 0 aromatic carbocycles. The topological polar surface area (TPSA) is 0 Å². The van der Waals surface area contributed by atoms with Gasteiger partial charge >= 0.3 is 0 Å². The Balaban J connectivity index is 2.67. The smallest absolute Gasteiger partial charge is 0.0111 e. The first kappa shape index (κ1) is 9.57. The number of hydrogen-bond donors (Lipinski definition) is 0. The van der Waals surface area contributed by atoms with Crippen molar-refractivity contribution < 1.29 is 0 Å². The zero-order chi connectivity index (χ0) is 9.19. The Morgan fingerprint density at radius 2 is 2.17 bits per heavy atom. The first-order chi connectivity index (χ1) is 5.57. The van der Waals surface area contributed by atoms with Crippen molar-refractivity contribution in [1.29, 1.82) is 0 Å². The molecule has 0 N–H and O–H groups in total. The van der Waals surface area contributed by atoms with Crippen molar-refractivity contribution in [3.05, 3.63) is 23.8 Å². The molecule has 0 aromatic rings. The van der Waals surface area contributed by atoms with Crippen LogP contribution in [0.1, 0.15) is 40.5 Å². The molecule has 0 heteroatoms. The summed E-state index contributed by atoms with van der Waals surface area (Å²) in [4.78, 5) is 0. The number of hydrogen-bond acceptors (Lipinski definition) is 0. The van der Waals surface area contributed by atoms with E-state index in [2.05, 4.69) is 45.9 Å². The molecule has 0 spiro atoms. The van der Waals surface area contributed by atoms with Crippen molar-refractivity contribution in [3.63, 3.8) is 0 Å². The van der Waals surface area contributed by atoms with E-state index < -0.39 is 0 Å². The average Bonchev–Trinajstić information content (AvgIpc) is 2.05. The molecule has 68 valence electrons. The summed E-state index contributed by atoms with van der Waals surface area (Å²) in [5.74, 6) is 0.683. The lowest BCUT2D eigenvalue weighted by molar-refractivity contribution is 0.409. The van der Waals surface area contributed by atoms with Gasteiger partial charge in [-0.05, 0) is 29.7 Å². The van der Waals surface area contributed by atoms with Crippen LogP contribution in [0.4, 0.5) is 0 Å². The summed E-state index contributed by atoms with van der Waals surface area (Å²) in [6.07, 6.45) is 9.53. The molecule has 0 radical (unpaired) electrons. The Hall–Kier alpha value is -0.520. The van der Waals surface area contributed by atoms with Crippen molar-refractivity contribution in [2.24, 2.45) is 11.3 Å². The highest BCUT2D eigenvalue weighted by Crippen LogP contribution is 2.33. The van der Waals surface area contributed by atoms with Gasteiger partial charge in [0, 0.05) is 0 Å². The zero-order valence-electron chi connectivity index (χ0n) is 8.72. The predicted octanol–water partition coefficient (Wildman–Crippen LogP) is 3.95. The molecule has 0 bridgehead atoms. The molecule has 1 aliphatic carbocycles. The largest absolute Gasteiger partial charge is 0.0802 e. The SMILES string of the molecule is CCC1(C)C=CC(C(C)C)=CC1. The van der Waals surface area contributed by atoms with E-state index in [9.17, 15) is 0 Å². The fourth-order valence-corrected chi connectivity index (χ4v) is 1.47. The lowest BCUT2D eigenvalue weighted by atomic mass is 9.78. The molecule has 12 heavy (non-hydrogen) atoms. The Morgan fingerprint density at radius 3 is 2.50 bits per heavy atom. The van der Waals surface area contributed by atoms with Crippen molar-refractivity contribution >= 4 is 0 Å². The van der Waals surface area contributed by atoms with Crippen LogP contribution < -0.4 is 0 Å². The third kappa shape index (κ3) is 2.00. The quantitative estimate of drug-likeness (QED) is 0.580. The second-order valence-corrected chi connectivity index (χ2v) is 4.40. The highest BCUT2D eigenvalue weighted by molar-refractivity contribution is 5.27. The second-order valence-electron chi connectivity index (χ2n) is 4.40. The minimum Gasteiger partial charge on any atom is -0.0802 e. The van der Waals surface area contributed by atoms with E-state index in [-0.39, 0.29) is 0 Å². The molecule has 0 heterocycles. The molecule has 0 amide bonds. The van der Waals surface area contributed by atoms with Crippen LogP contribution in [0.15, 0.2) is 23.8 Å². The summed E-state index contributed by atoms with van der Waals surface area (Å²) in [5.41, 5.74) is 1.93. The van der Waals surface area contributed by atoms with Crippen molar-refractivity contribution in [2.45, 2.75) is 40.5 Å². The predicted molar refractivity (Wildman–Crippen MR) is 55.1 cm³/mol. The van der Waals surface area contributed by atoms with Crippen LogP contribution in [-0.2, 0) is 0 Å². The minimum absolute atomic E-state index is 0.429. The first-order valence-corrected chi connectivity index (χ1v) is 4.97. The molecule has 1 rings (SSSR count). The maximum absolute atomic E-state index is 2.40. The molecule has 0 nitrogen and oxygen atoms in total. The van der Waals surface area contributed by atoms with Gasteiger partial charge in [-0.2, -0.15) is 0 Å². The molecule has 1 aliphatic rings. The van der Waals surface area contributed by atoms with Gasteiger partial charge in [-0.25, -0.2) is 0 Å². The van der Waals surface area contributed by atoms with Gasteiger partial charge in [0.05, 0.1) is 0 Å². The number of rotatable bonds is 2. The van der Waals surface area contributed by atoms with Gasteiger partial charge in [0.1, 0.15) is 0 Å². The molecular weight excluding hydrogens is 144 g/mol. The van der Waals surface area contributed by atoms with Gasteiger partial charge in [0.25, 0.3) is 0 Å². The van der Waals surface area contributed by atoms with E-state index in [1.165, 1.54) is 18.4 Å². The highest BCUT2D eigenvalue weighted by Gasteiger charge is 2.20. The van der Waals surface area contributed by atoms with Gasteiger partial charge in [0.2, 0.25) is 0 Å². The Labute approximate surface area is 76.4 Å². The first-order valence-electron chi connectivity index (χ1n) is 4.97. The summed E-state index contributed by atoms with van der Waals surface area (Å²) in [6.45, 7) is 9.10. The van der Waals surface area contributed by atoms with Gasteiger partial charge in [-0.15, -0.1) is 0 Å². The van der Waals surface area contributed by atoms with Gasteiger partial charge in [0.15, 0.2) is 0 Å². The van der Waals surface area contributed by atoms with E-state index in [1.807, 2.05) is 0 Å². The van der Waals surface area contributed by atoms with E-state index in [4.69, 9.17) is 0 Å². The minimum atomic E-state index is 0.429. The monoisotopic (exact) mass is 164 g/mol. The van der Waals surface area contributed by atoms with Crippen molar-refractivity contribution in [3.8, 4) is 0 Å². The highest BCUT2D eigenvalue weighted by atomic mass is 14.2. The van der Waals surface area contributed by atoms with Crippen molar-refractivity contribution in [1.82, 2.24) is 0 Å². The average molecular weight is 164 g/mol. The second kappa shape index (κ2) is 3.47. The van der Waals surface area contributed by atoms with Crippen LogP contribution in [0.2, 0.25) is 0 Å². The maximum atomic E-state index is 2.40. The van der Waals surface area contributed by atoms with E-state index in [0.717, 1.165) is 0 Å². The molecule has 1 unspecified atom stereocenters. The van der Waals surface area contributed by atoms with Crippen LogP contribution in [0, 0.1) is 11.3 Å². The molecule has 1 atom stereocenters. The third-order valence-electron chi connectivity index (χ3n) is 2.96. The van der Waals surface area contributed by atoms with Crippen LogP contribution in [0.3, 0.4) is 0 Å². The Bertz CT molecular complexity index is 208. The fourth-order valence-electron chi connectivity index (χ4n) is 1.47. The summed E-state index contributed by atoms with van der Waals surface area (Å²) < 4.78 is 0. The summed E-state index contributed by atoms with van der Waals surface area (Å²) in [5, 5.41) is 0. The van der Waals surface area contributed by atoms with E-state index in [1.54, 1.807) is 0 Å². The molecule has 0 saturated heterocycles. The van der Waals surface area contributed by atoms with Gasteiger partial charge < -0.3 is 0 Å². The molecule has 0 fully saturated rings. The fraction of sp³-hybridized carbons (Fsp3) is 0.667. The van der Waals surface area contributed by atoms with Crippen LogP contribution >= 0.6 is 0 Å². The third-order valence-corrected chi connectivity index (χ3v) is 2.96. The van der Waals surface area contributed by atoms with Gasteiger partial charge in [-0.1, -0.05) is 45.9 Å². The normalized spacial score (nSPS) is 29.2. The van der Waals surface area contributed by atoms with Crippen LogP contribution in [0.5, 0.6) is 0 Å². The Kier molecular flexibility index (Phi) is 2.76. The van der Waals surface area contributed by atoms with Gasteiger partial charge in [-0.3, -0.25) is 0 Å². The van der Waals surface area contributed by atoms with Crippen molar-refractivity contribution in [2.75, 3.05) is 0 Å². The lowest BCUT2D eigenvalue weighted by Gasteiger charge is -2.27. The number of allylic oxidation sites excluding steroid dienone is 4. The standard InChI is InChI=1S/C12H20/c1-5-12(4)8-6-11(7-9-12)10(2)3/h6-8,10H,5,9H2,1-4H3. The van der Waals surface area contributed by atoms with Crippen LogP contribution in [0.25, 0.3) is 0 Å². The lowest BCUT2D eigenvalue weighted by Crippen LogP contribution is -2.14.